The number of pyridine rings is 3. The molecule has 7 heteroatoms. The molecule has 10 aromatic rings. The Balaban J connectivity index is 0.00000360. The van der Waals surface area contributed by atoms with Gasteiger partial charge < -0.3 is 13.5 Å². The summed E-state index contributed by atoms with van der Waals surface area (Å²) >= 11 is 0. The standard InChI is InChI=1S/C45H31N5O.Pt/c1-26-7-5-8-27(2)41(26)30-11-14-35-33-15-12-31(24-37(33)43-46-19-21-49(43)40(35)23-30)51-32-13-16-34-36-17-18-39(42-28(3)9-6-10-29(42)4)48-45(36)50-22-20-47-44(50)38(34)25-32;/h5-23H,1-4H3;/q-2;+2. The van der Waals surface area contributed by atoms with E-state index in [2.05, 4.69) is 123 Å². The van der Waals surface area contributed by atoms with Gasteiger partial charge in [0.15, 0.2) is 0 Å². The van der Waals surface area contributed by atoms with Crippen molar-refractivity contribution in [2.24, 2.45) is 0 Å². The first kappa shape index (κ1) is 32.1. The van der Waals surface area contributed by atoms with Gasteiger partial charge >= 0.3 is 21.1 Å². The molecule has 252 valence electrons. The molecule has 0 aliphatic rings. The first-order valence-electron chi connectivity index (χ1n) is 17.1. The van der Waals surface area contributed by atoms with Gasteiger partial charge in [-0.3, -0.25) is 9.97 Å². The number of hydrogen-bond donors (Lipinski definition) is 0. The van der Waals surface area contributed by atoms with Crippen LogP contribution in [0.25, 0.3) is 77.2 Å². The van der Waals surface area contributed by atoms with Crippen molar-refractivity contribution in [2.45, 2.75) is 27.7 Å². The number of rotatable bonds is 4. The Bertz CT molecular complexity index is 2820. The van der Waals surface area contributed by atoms with Gasteiger partial charge in [0.25, 0.3) is 0 Å². The molecule has 0 spiro atoms. The number of imidazole rings is 2. The van der Waals surface area contributed by atoms with Crippen molar-refractivity contribution >= 4 is 54.8 Å². The van der Waals surface area contributed by atoms with E-state index in [4.69, 9.17) is 19.7 Å². The summed E-state index contributed by atoms with van der Waals surface area (Å²) in [7, 11) is 0. The molecule has 0 aliphatic carbocycles. The average molecular weight is 853 g/mol. The third-order valence-electron chi connectivity index (χ3n) is 10.2. The zero-order valence-corrected chi connectivity index (χ0v) is 31.2. The number of aryl methyl sites for hydroxylation is 4. The second-order valence-electron chi connectivity index (χ2n) is 13.4. The van der Waals surface area contributed by atoms with Gasteiger partial charge in [-0.05, 0) is 84.0 Å². The number of aromatic nitrogens is 5. The quantitative estimate of drug-likeness (QED) is 0.131. The molecule has 0 radical (unpaired) electrons. The Hall–Kier alpha value is -5.84. The summed E-state index contributed by atoms with van der Waals surface area (Å²) in [4.78, 5) is 14.7. The maximum Gasteiger partial charge on any atom is 2.00 e. The molecule has 0 atom stereocenters. The topological polar surface area (TPSA) is 56.7 Å². The molecule has 0 bridgehead atoms. The molecule has 10 rings (SSSR count). The maximum atomic E-state index is 6.48. The van der Waals surface area contributed by atoms with Gasteiger partial charge in [-0.1, -0.05) is 100 Å². The predicted molar refractivity (Wildman–Crippen MR) is 206 cm³/mol. The number of fused-ring (bicyclic) bond motifs is 12. The average Bonchev–Trinajstić information content (AvgIpc) is 3.83. The molecule has 0 aliphatic heterocycles. The van der Waals surface area contributed by atoms with Gasteiger partial charge in [0, 0.05) is 47.4 Å². The normalized spacial score (nSPS) is 11.7. The van der Waals surface area contributed by atoms with Crippen LogP contribution in [0.2, 0.25) is 0 Å². The first-order valence-corrected chi connectivity index (χ1v) is 17.1. The van der Waals surface area contributed by atoms with E-state index in [-0.39, 0.29) is 21.1 Å². The fourth-order valence-electron chi connectivity index (χ4n) is 7.91. The molecule has 0 amide bonds. The Morgan fingerprint density at radius 3 is 1.73 bits per heavy atom. The van der Waals surface area contributed by atoms with Crippen LogP contribution in [0.5, 0.6) is 11.5 Å². The van der Waals surface area contributed by atoms with Crippen molar-refractivity contribution in [3.63, 3.8) is 0 Å². The molecular weight excluding hydrogens is 822 g/mol. The van der Waals surface area contributed by atoms with E-state index in [0.717, 1.165) is 66.0 Å². The molecule has 6 nitrogen and oxygen atoms in total. The number of benzene rings is 5. The Morgan fingerprint density at radius 2 is 1.08 bits per heavy atom. The van der Waals surface area contributed by atoms with E-state index < -0.39 is 0 Å². The number of hydrogen-bond acceptors (Lipinski definition) is 4. The van der Waals surface area contributed by atoms with Crippen LogP contribution in [0.15, 0.2) is 116 Å². The van der Waals surface area contributed by atoms with Crippen molar-refractivity contribution < 1.29 is 25.8 Å². The SMILES string of the molecule is Cc1cccc(C)c1-c1ccc2c3ccc(Oc4[c-]c5c(cc4)c4ccc(-c6c(C)cccc6C)nc4n4ccnc54)[c-]c3c3nccn3c2c1.[Pt+2]. The van der Waals surface area contributed by atoms with Gasteiger partial charge in [-0.2, -0.15) is 0 Å². The molecular formula is C45H31N5OPt. The van der Waals surface area contributed by atoms with Crippen LogP contribution < -0.4 is 4.74 Å². The van der Waals surface area contributed by atoms with Crippen molar-refractivity contribution in [3.8, 4) is 33.9 Å². The molecule has 0 N–H and O–H groups in total. The van der Waals surface area contributed by atoms with Gasteiger partial charge in [-0.25, -0.2) is 4.98 Å². The molecule has 5 aromatic heterocycles. The Kier molecular flexibility index (Phi) is 7.49. The minimum absolute atomic E-state index is 0. The fraction of sp³-hybridized carbons (Fsp3) is 0.0889. The Labute approximate surface area is 314 Å². The molecule has 0 fully saturated rings. The van der Waals surface area contributed by atoms with E-state index >= 15 is 0 Å². The monoisotopic (exact) mass is 852 g/mol. The minimum atomic E-state index is 0. The summed E-state index contributed by atoms with van der Waals surface area (Å²) in [5.74, 6) is 1.18. The summed E-state index contributed by atoms with van der Waals surface area (Å²) < 4.78 is 10.7. The van der Waals surface area contributed by atoms with Crippen LogP contribution in [-0.4, -0.2) is 23.8 Å². The molecule has 0 saturated heterocycles. The molecule has 5 heterocycles. The minimum Gasteiger partial charge on any atom is -0.497 e. The summed E-state index contributed by atoms with van der Waals surface area (Å²) in [6.07, 6.45) is 7.64. The first-order chi connectivity index (χ1) is 24.9. The van der Waals surface area contributed by atoms with E-state index in [1.807, 2.05) is 41.3 Å². The maximum absolute atomic E-state index is 6.48. The number of nitrogens with zero attached hydrogens (tertiary/aromatic N) is 5. The summed E-state index contributed by atoms with van der Waals surface area (Å²) in [6.45, 7) is 8.61. The van der Waals surface area contributed by atoms with Crippen molar-refractivity contribution in [1.82, 2.24) is 23.8 Å². The van der Waals surface area contributed by atoms with Crippen molar-refractivity contribution in [3.05, 3.63) is 150 Å². The van der Waals surface area contributed by atoms with E-state index in [1.165, 1.54) is 33.4 Å². The summed E-state index contributed by atoms with van der Waals surface area (Å²) in [6, 6.07) is 39.0. The summed E-state index contributed by atoms with van der Waals surface area (Å²) in [5.41, 5.74) is 13.1. The van der Waals surface area contributed by atoms with Crippen LogP contribution in [0, 0.1) is 39.8 Å². The van der Waals surface area contributed by atoms with Crippen LogP contribution in [-0.2, 0) is 21.1 Å². The second-order valence-corrected chi connectivity index (χ2v) is 13.4. The third kappa shape index (κ3) is 4.86. The fourth-order valence-corrected chi connectivity index (χ4v) is 7.91. The summed E-state index contributed by atoms with van der Waals surface area (Å²) in [5, 5.41) is 6.02. The Morgan fingerprint density at radius 1 is 0.538 bits per heavy atom. The van der Waals surface area contributed by atoms with E-state index in [0.29, 0.717) is 11.5 Å². The third-order valence-corrected chi connectivity index (χ3v) is 10.2. The van der Waals surface area contributed by atoms with Crippen LogP contribution in [0.4, 0.5) is 0 Å². The zero-order chi connectivity index (χ0) is 34.4. The molecule has 0 unspecified atom stereocenters. The second kappa shape index (κ2) is 12.1. The predicted octanol–water partition coefficient (Wildman–Crippen LogP) is 10.9. The zero-order valence-electron chi connectivity index (χ0n) is 28.9. The smallest absolute Gasteiger partial charge is 0.497 e. The van der Waals surface area contributed by atoms with E-state index in [1.54, 1.807) is 0 Å². The van der Waals surface area contributed by atoms with E-state index in [9.17, 15) is 0 Å². The van der Waals surface area contributed by atoms with Crippen LogP contribution in [0.1, 0.15) is 22.3 Å². The van der Waals surface area contributed by atoms with Gasteiger partial charge in [0.05, 0.1) is 17.0 Å². The van der Waals surface area contributed by atoms with Gasteiger partial charge in [0.2, 0.25) is 0 Å². The largest absolute Gasteiger partial charge is 2.00 e. The number of ether oxygens (including phenoxy) is 1. The molecule has 52 heavy (non-hydrogen) atoms. The molecule has 0 saturated carbocycles. The van der Waals surface area contributed by atoms with Crippen LogP contribution >= 0.6 is 0 Å². The molecule has 5 aromatic carbocycles. The van der Waals surface area contributed by atoms with Crippen molar-refractivity contribution in [1.29, 1.82) is 0 Å². The van der Waals surface area contributed by atoms with Crippen molar-refractivity contribution in [2.75, 3.05) is 0 Å². The van der Waals surface area contributed by atoms with Gasteiger partial charge in [0.1, 0.15) is 5.65 Å². The van der Waals surface area contributed by atoms with Crippen LogP contribution in [0.3, 0.4) is 0 Å². The van der Waals surface area contributed by atoms with Gasteiger partial charge in [-0.15, -0.1) is 12.1 Å².